The molecule has 7 heteroatoms. The van der Waals surface area contributed by atoms with Gasteiger partial charge in [-0.3, -0.25) is 0 Å². The molecule has 0 saturated heterocycles. The van der Waals surface area contributed by atoms with Gasteiger partial charge >= 0.3 is 0 Å². The molecule has 2 aromatic rings. The predicted octanol–water partition coefficient (Wildman–Crippen LogP) is 2.27. The molecular weight excluding hydrogens is 336 g/mol. The molecule has 0 bridgehead atoms. The van der Waals surface area contributed by atoms with Gasteiger partial charge in [0.2, 0.25) is 0 Å². The lowest BCUT2D eigenvalue weighted by atomic mass is 10.2. The van der Waals surface area contributed by atoms with Crippen LogP contribution in [0.2, 0.25) is 0 Å². The molecule has 0 radical (unpaired) electrons. The lowest BCUT2D eigenvalue weighted by Gasteiger charge is -2.14. The normalized spacial score (nSPS) is 10.7. The van der Waals surface area contributed by atoms with Gasteiger partial charge in [-0.15, -0.1) is 10.2 Å². The van der Waals surface area contributed by atoms with Gasteiger partial charge in [-0.05, 0) is 40.2 Å². The van der Waals surface area contributed by atoms with Gasteiger partial charge in [0.1, 0.15) is 12.9 Å². The Labute approximate surface area is 132 Å². The topological polar surface area (TPSA) is 61.2 Å². The standard InChI is InChI=1S/C14H19BrN4O2/c1-4-16-7-10-5-11(15)14(12(6-10)20-3)21-8-13-18-17-9-19(13)2/h5-6,9,16H,4,7-8H2,1-3H3. The summed E-state index contributed by atoms with van der Waals surface area (Å²) < 4.78 is 13.9. The molecule has 0 fully saturated rings. The Kier molecular flexibility index (Phi) is 5.58. The maximum Gasteiger partial charge on any atom is 0.176 e. The van der Waals surface area contributed by atoms with Gasteiger partial charge in [-0.25, -0.2) is 0 Å². The lowest BCUT2D eigenvalue weighted by molar-refractivity contribution is 0.270. The van der Waals surface area contributed by atoms with Crippen LogP contribution in [0.1, 0.15) is 18.3 Å². The molecule has 114 valence electrons. The smallest absolute Gasteiger partial charge is 0.176 e. The number of benzene rings is 1. The van der Waals surface area contributed by atoms with E-state index < -0.39 is 0 Å². The summed E-state index contributed by atoms with van der Waals surface area (Å²) in [6, 6.07) is 4.00. The molecule has 0 aliphatic rings. The largest absolute Gasteiger partial charge is 0.493 e. The molecule has 0 aliphatic heterocycles. The van der Waals surface area contributed by atoms with Gasteiger partial charge in [0.25, 0.3) is 0 Å². The van der Waals surface area contributed by atoms with Gasteiger partial charge in [0.15, 0.2) is 17.3 Å². The van der Waals surface area contributed by atoms with Crippen molar-refractivity contribution in [1.29, 1.82) is 0 Å². The Morgan fingerprint density at radius 2 is 2.19 bits per heavy atom. The highest BCUT2D eigenvalue weighted by Crippen LogP contribution is 2.37. The van der Waals surface area contributed by atoms with Crippen molar-refractivity contribution in [3.8, 4) is 11.5 Å². The Bertz CT molecular complexity index is 601. The van der Waals surface area contributed by atoms with Crippen molar-refractivity contribution < 1.29 is 9.47 Å². The minimum absolute atomic E-state index is 0.331. The van der Waals surface area contributed by atoms with Crippen LogP contribution >= 0.6 is 15.9 Å². The number of aromatic nitrogens is 3. The Morgan fingerprint density at radius 3 is 2.81 bits per heavy atom. The third kappa shape index (κ3) is 3.95. The van der Waals surface area contributed by atoms with E-state index in [1.165, 1.54) is 0 Å². The van der Waals surface area contributed by atoms with Crippen LogP contribution in [0.15, 0.2) is 22.9 Å². The maximum atomic E-state index is 5.83. The van der Waals surface area contributed by atoms with Crippen LogP contribution in [-0.2, 0) is 20.2 Å². The first-order valence-corrected chi connectivity index (χ1v) is 7.47. The SMILES string of the molecule is CCNCc1cc(Br)c(OCc2nncn2C)c(OC)c1. The number of rotatable bonds is 7. The average Bonchev–Trinajstić information content (AvgIpc) is 2.88. The minimum atomic E-state index is 0.331. The molecule has 0 spiro atoms. The molecule has 0 unspecified atom stereocenters. The zero-order valence-corrected chi connectivity index (χ0v) is 14.0. The second-order valence-corrected chi connectivity index (χ2v) is 5.39. The van der Waals surface area contributed by atoms with Crippen molar-refractivity contribution in [2.24, 2.45) is 7.05 Å². The Hall–Kier alpha value is -1.60. The van der Waals surface area contributed by atoms with Crippen molar-refractivity contribution in [2.75, 3.05) is 13.7 Å². The van der Waals surface area contributed by atoms with E-state index in [4.69, 9.17) is 9.47 Å². The quantitative estimate of drug-likeness (QED) is 0.826. The van der Waals surface area contributed by atoms with E-state index in [9.17, 15) is 0 Å². The second-order valence-electron chi connectivity index (χ2n) is 4.54. The van der Waals surface area contributed by atoms with E-state index >= 15 is 0 Å². The molecule has 2 rings (SSSR count). The fraction of sp³-hybridized carbons (Fsp3) is 0.429. The van der Waals surface area contributed by atoms with E-state index in [0.29, 0.717) is 18.1 Å². The molecule has 0 atom stereocenters. The molecule has 0 aliphatic carbocycles. The van der Waals surface area contributed by atoms with Crippen molar-refractivity contribution in [1.82, 2.24) is 20.1 Å². The number of nitrogens with zero attached hydrogens (tertiary/aromatic N) is 3. The second kappa shape index (κ2) is 7.42. The summed E-state index contributed by atoms with van der Waals surface area (Å²) in [5, 5.41) is 11.1. The number of hydrogen-bond donors (Lipinski definition) is 1. The monoisotopic (exact) mass is 354 g/mol. The Balaban J connectivity index is 2.16. The summed E-state index contributed by atoms with van der Waals surface area (Å²) in [6.45, 7) is 4.11. The summed E-state index contributed by atoms with van der Waals surface area (Å²) in [7, 11) is 3.51. The van der Waals surface area contributed by atoms with Crippen molar-refractivity contribution in [3.63, 3.8) is 0 Å². The summed E-state index contributed by atoms with van der Waals surface area (Å²) in [4.78, 5) is 0. The molecule has 0 saturated carbocycles. The molecule has 21 heavy (non-hydrogen) atoms. The summed E-state index contributed by atoms with van der Waals surface area (Å²) in [6.07, 6.45) is 1.64. The van der Waals surface area contributed by atoms with Gasteiger partial charge in [-0.2, -0.15) is 0 Å². The van der Waals surface area contributed by atoms with Crippen LogP contribution in [-0.4, -0.2) is 28.4 Å². The van der Waals surface area contributed by atoms with Crippen LogP contribution in [0.5, 0.6) is 11.5 Å². The van der Waals surface area contributed by atoms with E-state index in [2.05, 4.69) is 38.4 Å². The molecule has 1 aromatic carbocycles. The van der Waals surface area contributed by atoms with Crippen molar-refractivity contribution in [3.05, 3.63) is 34.3 Å². The van der Waals surface area contributed by atoms with Crippen LogP contribution < -0.4 is 14.8 Å². The molecule has 0 amide bonds. The number of nitrogens with one attached hydrogen (secondary N) is 1. The Morgan fingerprint density at radius 1 is 1.38 bits per heavy atom. The first-order chi connectivity index (χ1) is 10.2. The van der Waals surface area contributed by atoms with Gasteiger partial charge in [0.05, 0.1) is 11.6 Å². The van der Waals surface area contributed by atoms with E-state index in [0.717, 1.165) is 29.0 Å². The van der Waals surface area contributed by atoms with E-state index in [-0.39, 0.29) is 0 Å². The molecule has 1 N–H and O–H groups in total. The lowest BCUT2D eigenvalue weighted by Crippen LogP contribution is -2.12. The van der Waals surface area contributed by atoms with E-state index in [1.54, 1.807) is 13.4 Å². The zero-order chi connectivity index (χ0) is 15.2. The maximum absolute atomic E-state index is 5.83. The highest BCUT2D eigenvalue weighted by atomic mass is 79.9. The van der Waals surface area contributed by atoms with Crippen LogP contribution in [0.4, 0.5) is 0 Å². The highest BCUT2D eigenvalue weighted by molar-refractivity contribution is 9.10. The predicted molar refractivity (Wildman–Crippen MR) is 83.4 cm³/mol. The number of aryl methyl sites for hydroxylation is 1. The molecule has 6 nitrogen and oxygen atoms in total. The van der Waals surface area contributed by atoms with Crippen molar-refractivity contribution in [2.45, 2.75) is 20.1 Å². The molecule has 1 heterocycles. The van der Waals surface area contributed by atoms with E-state index in [1.807, 2.05) is 23.7 Å². The third-order valence-electron chi connectivity index (χ3n) is 3.02. The first kappa shape index (κ1) is 15.8. The number of methoxy groups -OCH3 is 1. The van der Waals surface area contributed by atoms with Crippen LogP contribution in [0.3, 0.4) is 0 Å². The van der Waals surface area contributed by atoms with Gasteiger partial charge in [0, 0.05) is 13.6 Å². The summed E-state index contributed by atoms with van der Waals surface area (Å²) in [5.74, 6) is 2.11. The number of ether oxygens (including phenoxy) is 2. The third-order valence-corrected chi connectivity index (χ3v) is 3.61. The fourth-order valence-corrected chi connectivity index (χ4v) is 2.46. The first-order valence-electron chi connectivity index (χ1n) is 6.68. The molecule has 1 aromatic heterocycles. The number of halogens is 1. The van der Waals surface area contributed by atoms with Crippen LogP contribution in [0, 0.1) is 0 Å². The highest BCUT2D eigenvalue weighted by Gasteiger charge is 2.13. The average molecular weight is 355 g/mol. The summed E-state index contributed by atoms with van der Waals surface area (Å²) in [5.41, 5.74) is 1.13. The zero-order valence-electron chi connectivity index (χ0n) is 12.4. The fourth-order valence-electron chi connectivity index (χ4n) is 1.86. The summed E-state index contributed by atoms with van der Waals surface area (Å²) >= 11 is 3.54. The molecular formula is C14H19BrN4O2. The van der Waals surface area contributed by atoms with Crippen LogP contribution in [0.25, 0.3) is 0 Å². The van der Waals surface area contributed by atoms with Crippen molar-refractivity contribution >= 4 is 15.9 Å². The number of hydrogen-bond acceptors (Lipinski definition) is 5. The van der Waals surface area contributed by atoms with Gasteiger partial charge < -0.3 is 19.4 Å². The minimum Gasteiger partial charge on any atom is -0.493 e. The van der Waals surface area contributed by atoms with Gasteiger partial charge in [-0.1, -0.05) is 6.92 Å².